The van der Waals surface area contributed by atoms with E-state index in [1.165, 1.54) is 0 Å². The van der Waals surface area contributed by atoms with E-state index in [-0.39, 0.29) is 5.97 Å². The van der Waals surface area contributed by atoms with E-state index >= 15 is 0 Å². The van der Waals surface area contributed by atoms with Gasteiger partial charge in [0.1, 0.15) is 5.75 Å². The van der Waals surface area contributed by atoms with Gasteiger partial charge in [-0.25, -0.2) is 4.79 Å². The summed E-state index contributed by atoms with van der Waals surface area (Å²) in [5.74, 6) is 1.06. The summed E-state index contributed by atoms with van der Waals surface area (Å²) in [4.78, 5) is 11.8. The molecule has 0 unspecified atom stereocenters. The molecule has 0 aliphatic heterocycles. The van der Waals surface area contributed by atoms with Crippen LogP contribution < -0.4 is 4.74 Å². The van der Waals surface area contributed by atoms with Crippen molar-refractivity contribution in [2.75, 3.05) is 19.1 Å². The van der Waals surface area contributed by atoms with Crippen LogP contribution >= 0.6 is 11.6 Å². The lowest BCUT2D eigenvalue weighted by molar-refractivity contribution is 0.0525. The molecular formula is C14H19ClO3. The molecule has 0 heterocycles. The molecule has 0 fully saturated rings. The fourth-order valence-electron chi connectivity index (χ4n) is 1.70. The van der Waals surface area contributed by atoms with E-state index in [9.17, 15) is 4.79 Å². The van der Waals surface area contributed by atoms with Gasteiger partial charge >= 0.3 is 5.97 Å². The van der Waals surface area contributed by atoms with E-state index < -0.39 is 0 Å². The zero-order valence-corrected chi connectivity index (χ0v) is 11.6. The molecular weight excluding hydrogens is 252 g/mol. The number of hydrogen-bond donors (Lipinski definition) is 0. The maximum Gasteiger partial charge on any atom is 0.338 e. The number of rotatable bonds is 7. The van der Waals surface area contributed by atoms with Crippen LogP contribution in [0.15, 0.2) is 18.2 Å². The van der Waals surface area contributed by atoms with Crippen molar-refractivity contribution in [3.05, 3.63) is 29.3 Å². The highest BCUT2D eigenvalue weighted by Crippen LogP contribution is 2.20. The van der Waals surface area contributed by atoms with Crippen LogP contribution in [-0.2, 0) is 11.2 Å². The van der Waals surface area contributed by atoms with Gasteiger partial charge in [0.05, 0.1) is 18.8 Å². The number of benzene rings is 1. The summed E-state index contributed by atoms with van der Waals surface area (Å²) in [7, 11) is 0. The predicted molar refractivity (Wildman–Crippen MR) is 72.6 cm³/mol. The quantitative estimate of drug-likeness (QED) is 0.562. The molecule has 0 aliphatic rings. The van der Waals surface area contributed by atoms with Crippen molar-refractivity contribution in [2.24, 2.45) is 0 Å². The first-order chi connectivity index (χ1) is 8.72. The summed E-state index contributed by atoms with van der Waals surface area (Å²) in [6.07, 6.45) is 1.57. The Morgan fingerprint density at radius 2 is 2.06 bits per heavy atom. The van der Waals surface area contributed by atoms with Crippen molar-refractivity contribution in [1.82, 2.24) is 0 Å². The van der Waals surface area contributed by atoms with Crippen LogP contribution in [-0.4, -0.2) is 25.1 Å². The number of carbonyl (C=O) groups excluding carboxylic acids is 1. The number of hydrogen-bond acceptors (Lipinski definition) is 3. The second kappa shape index (κ2) is 7.98. The third-order valence-corrected chi connectivity index (χ3v) is 2.73. The van der Waals surface area contributed by atoms with Gasteiger partial charge in [0.2, 0.25) is 0 Å². The van der Waals surface area contributed by atoms with Crippen molar-refractivity contribution in [1.29, 1.82) is 0 Å². The topological polar surface area (TPSA) is 35.5 Å². The number of esters is 1. The third kappa shape index (κ3) is 4.22. The fraction of sp³-hybridized carbons (Fsp3) is 0.500. The second-order valence-corrected chi connectivity index (χ2v) is 4.14. The van der Waals surface area contributed by atoms with Gasteiger partial charge in [-0.2, -0.15) is 0 Å². The Labute approximate surface area is 113 Å². The van der Waals surface area contributed by atoms with E-state index in [2.05, 4.69) is 0 Å². The smallest absolute Gasteiger partial charge is 0.338 e. The Balaban J connectivity index is 2.95. The Bertz CT molecular complexity index is 391. The van der Waals surface area contributed by atoms with E-state index in [1.54, 1.807) is 19.1 Å². The molecule has 3 nitrogen and oxygen atoms in total. The fourth-order valence-corrected chi connectivity index (χ4v) is 1.83. The van der Waals surface area contributed by atoms with Crippen molar-refractivity contribution in [3.8, 4) is 5.75 Å². The van der Waals surface area contributed by atoms with Crippen LogP contribution in [0, 0.1) is 0 Å². The van der Waals surface area contributed by atoms with Gasteiger partial charge in [0.15, 0.2) is 0 Å². The number of alkyl halides is 1. The highest BCUT2D eigenvalue weighted by Gasteiger charge is 2.13. The van der Waals surface area contributed by atoms with Crippen LogP contribution in [0.4, 0.5) is 0 Å². The Kier molecular flexibility index (Phi) is 6.58. The average molecular weight is 271 g/mol. The van der Waals surface area contributed by atoms with Gasteiger partial charge < -0.3 is 9.47 Å². The maximum absolute atomic E-state index is 11.8. The Morgan fingerprint density at radius 1 is 1.28 bits per heavy atom. The van der Waals surface area contributed by atoms with Gasteiger partial charge in [-0.1, -0.05) is 0 Å². The number of halogens is 1. The highest BCUT2D eigenvalue weighted by molar-refractivity contribution is 6.17. The van der Waals surface area contributed by atoms with Crippen LogP contribution in [0.25, 0.3) is 0 Å². The van der Waals surface area contributed by atoms with Crippen molar-refractivity contribution < 1.29 is 14.3 Å². The van der Waals surface area contributed by atoms with Gasteiger partial charge in [-0.3, -0.25) is 0 Å². The first kappa shape index (κ1) is 14.8. The molecule has 0 saturated heterocycles. The summed E-state index contributed by atoms with van der Waals surface area (Å²) < 4.78 is 10.5. The first-order valence-corrected chi connectivity index (χ1v) is 6.75. The van der Waals surface area contributed by atoms with Gasteiger partial charge in [0, 0.05) is 5.88 Å². The summed E-state index contributed by atoms with van der Waals surface area (Å²) in [6, 6.07) is 5.44. The van der Waals surface area contributed by atoms with E-state index in [0.29, 0.717) is 24.7 Å². The standard InChI is InChI=1S/C14H19ClO3/c1-3-17-12-7-8-13(14(16)18-4-2)11(10-12)6-5-9-15/h7-8,10H,3-6,9H2,1-2H3. The number of ether oxygens (including phenoxy) is 2. The summed E-state index contributed by atoms with van der Waals surface area (Å²) >= 11 is 5.70. The molecule has 18 heavy (non-hydrogen) atoms. The summed E-state index contributed by atoms with van der Waals surface area (Å²) in [6.45, 7) is 4.71. The molecule has 0 aliphatic carbocycles. The molecule has 0 spiro atoms. The third-order valence-electron chi connectivity index (χ3n) is 2.46. The lowest BCUT2D eigenvalue weighted by Crippen LogP contribution is -2.09. The molecule has 0 bridgehead atoms. The minimum Gasteiger partial charge on any atom is -0.494 e. The molecule has 1 aromatic rings. The lowest BCUT2D eigenvalue weighted by atomic mass is 10.0. The van der Waals surface area contributed by atoms with Crippen molar-refractivity contribution in [2.45, 2.75) is 26.7 Å². The predicted octanol–water partition coefficient (Wildman–Crippen LogP) is 3.43. The minimum absolute atomic E-state index is 0.287. The van der Waals surface area contributed by atoms with Crippen LogP contribution in [0.2, 0.25) is 0 Å². The van der Waals surface area contributed by atoms with E-state index in [0.717, 1.165) is 24.2 Å². The molecule has 1 rings (SSSR count). The SMILES string of the molecule is CCOC(=O)c1ccc(OCC)cc1CCCCl. The number of carbonyl (C=O) groups is 1. The molecule has 0 atom stereocenters. The number of aryl methyl sites for hydroxylation is 1. The van der Waals surface area contributed by atoms with E-state index in [4.69, 9.17) is 21.1 Å². The molecule has 1 aromatic carbocycles. The molecule has 0 aromatic heterocycles. The van der Waals surface area contributed by atoms with Gasteiger partial charge in [-0.15, -0.1) is 11.6 Å². The molecule has 0 saturated carbocycles. The molecule has 0 N–H and O–H groups in total. The highest BCUT2D eigenvalue weighted by atomic mass is 35.5. The maximum atomic E-state index is 11.8. The normalized spacial score (nSPS) is 10.2. The summed E-state index contributed by atoms with van der Waals surface area (Å²) in [5.41, 5.74) is 1.53. The Hall–Kier alpha value is -1.22. The van der Waals surface area contributed by atoms with Crippen LogP contribution in [0.3, 0.4) is 0 Å². The monoisotopic (exact) mass is 270 g/mol. The molecule has 0 radical (unpaired) electrons. The summed E-state index contributed by atoms with van der Waals surface area (Å²) in [5, 5.41) is 0. The molecule has 0 amide bonds. The van der Waals surface area contributed by atoms with Crippen molar-refractivity contribution >= 4 is 17.6 Å². The molecule has 4 heteroatoms. The first-order valence-electron chi connectivity index (χ1n) is 6.21. The largest absolute Gasteiger partial charge is 0.494 e. The zero-order chi connectivity index (χ0) is 13.4. The molecule has 100 valence electrons. The van der Waals surface area contributed by atoms with Crippen LogP contribution in [0.5, 0.6) is 5.75 Å². The zero-order valence-electron chi connectivity index (χ0n) is 10.9. The lowest BCUT2D eigenvalue weighted by Gasteiger charge is -2.11. The Morgan fingerprint density at radius 3 is 2.67 bits per heavy atom. The van der Waals surface area contributed by atoms with Gasteiger partial charge in [0.25, 0.3) is 0 Å². The van der Waals surface area contributed by atoms with Crippen LogP contribution in [0.1, 0.15) is 36.2 Å². The van der Waals surface area contributed by atoms with E-state index in [1.807, 2.05) is 13.0 Å². The minimum atomic E-state index is -0.287. The van der Waals surface area contributed by atoms with Gasteiger partial charge in [-0.05, 0) is 50.5 Å². The average Bonchev–Trinajstić information content (AvgIpc) is 2.37. The second-order valence-electron chi connectivity index (χ2n) is 3.76. The van der Waals surface area contributed by atoms with Crippen molar-refractivity contribution in [3.63, 3.8) is 0 Å².